The summed E-state index contributed by atoms with van der Waals surface area (Å²) in [5.41, 5.74) is 3.96. The van der Waals surface area contributed by atoms with Crippen LogP contribution in [0, 0.1) is 0 Å². The lowest BCUT2D eigenvalue weighted by Gasteiger charge is -2.40. The Bertz CT molecular complexity index is 740. The van der Waals surface area contributed by atoms with Crippen LogP contribution < -0.4 is 10.2 Å². The summed E-state index contributed by atoms with van der Waals surface area (Å²) in [7, 11) is 0. The van der Waals surface area contributed by atoms with Gasteiger partial charge in [-0.15, -0.1) is 0 Å². The Morgan fingerprint density at radius 3 is 2.63 bits per heavy atom. The molecule has 2 saturated heterocycles. The number of nitrogens with one attached hydrogen (secondary N) is 1. The Balaban J connectivity index is 1.56. The minimum Gasteiger partial charge on any atom is -0.359 e. The van der Waals surface area contributed by atoms with Gasteiger partial charge < -0.3 is 9.69 Å². The minimum atomic E-state index is -0.244. The molecular formula is C21H27N3O3. The largest absolute Gasteiger partial charge is 0.359 e. The molecule has 1 unspecified atom stereocenters. The molecule has 0 saturated carbocycles. The van der Waals surface area contributed by atoms with Crippen LogP contribution in [-0.2, 0) is 20.8 Å². The number of benzene rings is 1. The van der Waals surface area contributed by atoms with Crippen LogP contribution in [0.3, 0.4) is 0 Å². The number of anilines is 1. The highest BCUT2D eigenvalue weighted by atomic mass is 16.2. The molecule has 1 atom stereocenters. The van der Waals surface area contributed by atoms with Gasteiger partial charge in [-0.05, 0) is 68.3 Å². The molecule has 6 heteroatoms. The average Bonchev–Trinajstić information content (AvgIpc) is 2.68. The molecule has 3 aliphatic rings. The second kappa shape index (κ2) is 7.80. The molecule has 0 aromatic heterocycles. The Morgan fingerprint density at radius 2 is 1.89 bits per heavy atom. The van der Waals surface area contributed by atoms with Gasteiger partial charge in [0.25, 0.3) is 0 Å². The number of piperidine rings is 2. The van der Waals surface area contributed by atoms with Gasteiger partial charge in [-0.2, -0.15) is 0 Å². The second-order valence-electron chi connectivity index (χ2n) is 7.85. The van der Waals surface area contributed by atoms with Crippen molar-refractivity contribution in [2.24, 2.45) is 0 Å². The molecule has 0 aliphatic carbocycles. The zero-order chi connectivity index (χ0) is 18.8. The van der Waals surface area contributed by atoms with Crippen molar-refractivity contribution in [3.05, 3.63) is 29.3 Å². The van der Waals surface area contributed by atoms with E-state index in [1.807, 2.05) is 0 Å². The molecule has 4 rings (SSSR count). The first kappa shape index (κ1) is 18.2. The zero-order valence-electron chi connectivity index (χ0n) is 15.7. The van der Waals surface area contributed by atoms with E-state index in [0.29, 0.717) is 25.3 Å². The lowest BCUT2D eigenvalue weighted by atomic mass is 9.83. The number of amides is 2. The molecule has 1 aromatic carbocycles. The van der Waals surface area contributed by atoms with E-state index in [2.05, 4.69) is 33.3 Å². The van der Waals surface area contributed by atoms with E-state index in [1.54, 1.807) is 0 Å². The fourth-order valence-corrected chi connectivity index (χ4v) is 4.90. The summed E-state index contributed by atoms with van der Waals surface area (Å²) in [6, 6.07) is 6.23. The molecular weight excluding hydrogens is 342 g/mol. The number of fused-ring (bicyclic) bond motifs is 1. The third-order valence-electron chi connectivity index (χ3n) is 6.27. The van der Waals surface area contributed by atoms with E-state index < -0.39 is 0 Å². The summed E-state index contributed by atoms with van der Waals surface area (Å²) < 4.78 is 0. The van der Waals surface area contributed by atoms with Crippen molar-refractivity contribution in [1.82, 2.24) is 10.2 Å². The number of nitrogens with zero attached hydrogens (tertiary/aromatic N) is 2. The van der Waals surface area contributed by atoms with Gasteiger partial charge in [0, 0.05) is 18.7 Å². The predicted octanol–water partition coefficient (Wildman–Crippen LogP) is 1.62. The van der Waals surface area contributed by atoms with Gasteiger partial charge in [0.2, 0.25) is 11.8 Å². The van der Waals surface area contributed by atoms with Crippen LogP contribution in [0.2, 0.25) is 0 Å². The normalized spacial score (nSPS) is 24.4. The Morgan fingerprint density at radius 1 is 1.07 bits per heavy atom. The summed E-state index contributed by atoms with van der Waals surface area (Å²) in [5, 5.41) is 2.50. The quantitative estimate of drug-likeness (QED) is 0.645. The van der Waals surface area contributed by atoms with E-state index >= 15 is 0 Å². The zero-order valence-corrected chi connectivity index (χ0v) is 15.7. The maximum atomic E-state index is 12.4. The molecule has 27 heavy (non-hydrogen) atoms. The Hall–Kier alpha value is -2.21. The molecule has 1 N–H and O–H groups in total. The molecule has 6 nitrogen and oxygen atoms in total. The predicted molar refractivity (Wildman–Crippen MR) is 103 cm³/mol. The number of aldehydes is 1. The number of imide groups is 1. The first-order chi connectivity index (χ1) is 13.2. The highest BCUT2D eigenvalue weighted by Gasteiger charge is 2.35. The summed E-state index contributed by atoms with van der Waals surface area (Å²) in [6.45, 7) is 3.32. The van der Waals surface area contributed by atoms with Crippen LogP contribution >= 0.6 is 0 Å². The van der Waals surface area contributed by atoms with Crippen LogP contribution in [-0.4, -0.2) is 55.2 Å². The third-order valence-corrected chi connectivity index (χ3v) is 6.27. The van der Waals surface area contributed by atoms with Gasteiger partial charge in [0.1, 0.15) is 12.3 Å². The van der Waals surface area contributed by atoms with Gasteiger partial charge in [-0.1, -0.05) is 12.1 Å². The van der Waals surface area contributed by atoms with Crippen LogP contribution in [0.1, 0.15) is 49.1 Å². The van der Waals surface area contributed by atoms with Gasteiger partial charge in [0.05, 0.1) is 6.54 Å². The van der Waals surface area contributed by atoms with E-state index in [-0.39, 0.29) is 17.9 Å². The standard InChI is InChI=1S/C21H27N3O3/c25-14-13-23-11-8-15(9-12-23)16-3-1-5-18-17(16)4-2-10-24(18)19-6-7-20(26)22-21(19)27/h1,3,5,14-15,19H,2,4,6-13H2,(H,22,26,27). The van der Waals surface area contributed by atoms with Crippen molar-refractivity contribution in [2.75, 3.05) is 31.1 Å². The number of hydrogen-bond acceptors (Lipinski definition) is 5. The summed E-state index contributed by atoms with van der Waals surface area (Å²) in [6.07, 6.45) is 6.22. The fraction of sp³-hybridized carbons (Fsp3) is 0.571. The van der Waals surface area contributed by atoms with E-state index in [0.717, 1.165) is 51.6 Å². The van der Waals surface area contributed by atoms with E-state index in [9.17, 15) is 14.4 Å². The molecule has 1 aromatic rings. The van der Waals surface area contributed by atoms with Crippen LogP contribution in [0.4, 0.5) is 5.69 Å². The summed E-state index contributed by atoms with van der Waals surface area (Å²) in [4.78, 5) is 39.1. The van der Waals surface area contributed by atoms with E-state index in [1.165, 1.54) is 16.8 Å². The molecule has 144 valence electrons. The second-order valence-corrected chi connectivity index (χ2v) is 7.85. The Kier molecular flexibility index (Phi) is 5.25. The topological polar surface area (TPSA) is 69.7 Å². The molecule has 0 bridgehead atoms. The van der Waals surface area contributed by atoms with E-state index in [4.69, 9.17) is 0 Å². The van der Waals surface area contributed by atoms with Gasteiger partial charge in [-0.25, -0.2) is 0 Å². The minimum absolute atomic E-state index is 0.160. The SMILES string of the molecule is O=CCN1CCC(c2cccc3c2CCCN3C2CCC(=O)NC2=O)CC1. The average molecular weight is 369 g/mol. The van der Waals surface area contributed by atoms with Crippen molar-refractivity contribution < 1.29 is 14.4 Å². The molecule has 3 heterocycles. The van der Waals surface area contributed by atoms with Crippen LogP contribution in [0.5, 0.6) is 0 Å². The third kappa shape index (κ3) is 3.63. The van der Waals surface area contributed by atoms with Crippen molar-refractivity contribution >= 4 is 23.8 Å². The van der Waals surface area contributed by atoms with Crippen molar-refractivity contribution in [2.45, 2.75) is 50.5 Å². The fourth-order valence-electron chi connectivity index (χ4n) is 4.90. The van der Waals surface area contributed by atoms with Gasteiger partial charge in [-0.3, -0.25) is 19.8 Å². The summed E-state index contributed by atoms with van der Waals surface area (Å²) >= 11 is 0. The number of carbonyl (C=O) groups excluding carboxylic acids is 3. The number of hydrogen-bond donors (Lipinski definition) is 1. The molecule has 3 aliphatic heterocycles. The highest BCUT2D eigenvalue weighted by Crippen LogP contribution is 2.38. The van der Waals surface area contributed by atoms with Crippen LogP contribution in [0.15, 0.2) is 18.2 Å². The van der Waals surface area contributed by atoms with Gasteiger partial charge >= 0.3 is 0 Å². The number of likely N-dealkylation sites (tertiary alicyclic amines) is 1. The van der Waals surface area contributed by atoms with Crippen molar-refractivity contribution in [1.29, 1.82) is 0 Å². The Labute approximate surface area is 159 Å². The number of carbonyl (C=O) groups is 3. The maximum Gasteiger partial charge on any atom is 0.249 e. The highest BCUT2D eigenvalue weighted by molar-refractivity contribution is 6.01. The van der Waals surface area contributed by atoms with Crippen molar-refractivity contribution in [3.63, 3.8) is 0 Å². The smallest absolute Gasteiger partial charge is 0.249 e. The summed E-state index contributed by atoms with van der Waals surface area (Å²) in [5.74, 6) is 0.195. The molecule has 2 fully saturated rings. The van der Waals surface area contributed by atoms with Crippen LogP contribution in [0.25, 0.3) is 0 Å². The molecule has 2 amide bonds. The molecule has 0 radical (unpaired) electrons. The van der Waals surface area contributed by atoms with Gasteiger partial charge in [0.15, 0.2) is 0 Å². The monoisotopic (exact) mass is 369 g/mol. The number of rotatable bonds is 4. The first-order valence-corrected chi connectivity index (χ1v) is 10.1. The maximum absolute atomic E-state index is 12.4. The van der Waals surface area contributed by atoms with Crippen molar-refractivity contribution in [3.8, 4) is 0 Å². The first-order valence-electron chi connectivity index (χ1n) is 10.1. The lowest BCUT2D eigenvalue weighted by Crippen LogP contribution is -2.54. The lowest BCUT2D eigenvalue weighted by molar-refractivity contribution is -0.134. The molecule has 0 spiro atoms.